The average molecular weight is 318 g/mol. The quantitative estimate of drug-likeness (QED) is 0.622. The van der Waals surface area contributed by atoms with Crippen LogP contribution in [0, 0.1) is 5.41 Å². The van der Waals surface area contributed by atoms with Gasteiger partial charge in [-0.1, -0.05) is 12.1 Å². The maximum absolute atomic E-state index is 11.6. The highest BCUT2D eigenvalue weighted by Crippen LogP contribution is 2.23. The highest BCUT2D eigenvalue weighted by atomic mass is 35.5. The van der Waals surface area contributed by atoms with Gasteiger partial charge in [0.2, 0.25) is 6.79 Å². The van der Waals surface area contributed by atoms with Gasteiger partial charge in [0.15, 0.2) is 0 Å². The van der Waals surface area contributed by atoms with Crippen LogP contribution in [0.4, 0.5) is 0 Å². The first-order valence-electron chi connectivity index (χ1n) is 6.56. The third-order valence-electron chi connectivity index (χ3n) is 2.77. The molecule has 0 amide bonds. The Morgan fingerprint density at radius 3 is 2.52 bits per heavy atom. The number of ether oxygens (including phenoxy) is 2. The summed E-state index contributed by atoms with van der Waals surface area (Å²) >= 11 is 0. The summed E-state index contributed by atoms with van der Waals surface area (Å²) in [7, 11) is 1.82. The molecule has 2 N–H and O–H groups in total. The van der Waals surface area contributed by atoms with Gasteiger partial charge in [0, 0.05) is 12.1 Å². The van der Waals surface area contributed by atoms with E-state index in [-0.39, 0.29) is 31.8 Å². The lowest BCUT2D eigenvalue weighted by Gasteiger charge is -2.18. The molecule has 0 saturated heterocycles. The Hall–Kier alpha value is -1.30. The van der Waals surface area contributed by atoms with Crippen molar-refractivity contribution >= 4 is 18.4 Å². The minimum absolute atomic E-state index is 0. The summed E-state index contributed by atoms with van der Waals surface area (Å²) in [5.74, 6) is 0.290. The molecule has 1 rings (SSSR count). The summed E-state index contributed by atoms with van der Waals surface area (Å²) in [5.41, 5.74) is 1.10. The lowest BCUT2D eigenvalue weighted by atomic mass is 9.98. The summed E-state index contributed by atoms with van der Waals surface area (Å²) < 4.78 is 10.6. The van der Waals surface area contributed by atoms with E-state index < -0.39 is 5.41 Å². The maximum Gasteiger partial charge on any atom is 0.314 e. The van der Waals surface area contributed by atoms with Crippen molar-refractivity contribution in [2.75, 3.05) is 13.8 Å². The monoisotopic (exact) mass is 317 g/mol. The van der Waals surface area contributed by atoms with Crippen molar-refractivity contribution in [2.24, 2.45) is 5.41 Å². The van der Waals surface area contributed by atoms with Crippen molar-refractivity contribution in [3.63, 3.8) is 0 Å². The van der Waals surface area contributed by atoms with E-state index in [1.807, 2.05) is 13.1 Å². The normalized spacial score (nSPS) is 10.7. The number of nitrogens with one attached hydrogen (secondary N) is 1. The molecule has 1 aromatic rings. The molecular formula is C15H24ClNO4. The van der Waals surface area contributed by atoms with Crippen molar-refractivity contribution in [2.45, 2.75) is 33.9 Å². The number of aliphatic hydroxyl groups is 1. The van der Waals surface area contributed by atoms with Gasteiger partial charge in [0.1, 0.15) is 5.75 Å². The molecule has 6 heteroatoms. The number of aliphatic hydroxyl groups excluding tert-OH is 1. The number of benzene rings is 1. The number of esters is 1. The van der Waals surface area contributed by atoms with Gasteiger partial charge in [0.05, 0.1) is 12.0 Å². The van der Waals surface area contributed by atoms with E-state index in [0.29, 0.717) is 12.3 Å². The molecule has 0 atom stereocenters. The third kappa shape index (κ3) is 5.91. The molecule has 0 saturated carbocycles. The summed E-state index contributed by atoms with van der Waals surface area (Å²) in [6, 6.07) is 5.42. The SMILES string of the molecule is CNCc1c(CO)cccc1OCOC(=O)C(C)(C)C.Cl. The number of hydrogen-bond acceptors (Lipinski definition) is 5. The lowest BCUT2D eigenvalue weighted by molar-refractivity contribution is -0.159. The van der Waals surface area contributed by atoms with Crippen LogP contribution < -0.4 is 10.1 Å². The van der Waals surface area contributed by atoms with E-state index in [4.69, 9.17) is 9.47 Å². The van der Waals surface area contributed by atoms with E-state index in [2.05, 4.69) is 5.32 Å². The zero-order valence-corrected chi connectivity index (χ0v) is 13.8. The first-order valence-corrected chi connectivity index (χ1v) is 6.56. The molecule has 0 aliphatic rings. The molecule has 0 fully saturated rings. The predicted octanol–water partition coefficient (Wildman–Crippen LogP) is 2.25. The Morgan fingerprint density at radius 2 is 2.00 bits per heavy atom. The van der Waals surface area contributed by atoms with Crippen LogP contribution in [0.25, 0.3) is 0 Å². The fourth-order valence-electron chi connectivity index (χ4n) is 1.63. The van der Waals surface area contributed by atoms with Crippen molar-refractivity contribution in [1.29, 1.82) is 0 Å². The van der Waals surface area contributed by atoms with E-state index >= 15 is 0 Å². The molecule has 0 bridgehead atoms. The summed E-state index contributed by atoms with van der Waals surface area (Å²) in [5, 5.41) is 12.3. The van der Waals surface area contributed by atoms with Crippen molar-refractivity contribution in [3.05, 3.63) is 29.3 Å². The minimum atomic E-state index is -0.551. The van der Waals surface area contributed by atoms with Gasteiger partial charge in [-0.3, -0.25) is 4.79 Å². The van der Waals surface area contributed by atoms with Crippen molar-refractivity contribution in [1.82, 2.24) is 5.32 Å². The Morgan fingerprint density at radius 1 is 1.33 bits per heavy atom. The van der Waals surface area contributed by atoms with Gasteiger partial charge in [-0.2, -0.15) is 0 Å². The fourth-order valence-corrected chi connectivity index (χ4v) is 1.63. The molecule has 0 aliphatic heterocycles. The fraction of sp³-hybridized carbons (Fsp3) is 0.533. The molecule has 1 aromatic carbocycles. The van der Waals surface area contributed by atoms with E-state index in [1.54, 1.807) is 32.9 Å². The van der Waals surface area contributed by atoms with Gasteiger partial charge in [-0.05, 0) is 39.4 Å². The molecule has 0 aliphatic carbocycles. The van der Waals surface area contributed by atoms with Gasteiger partial charge < -0.3 is 19.9 Å². The lowest BCUT2D eigenvalue weighted by Crippen LogP contribution is -2.25. The molecule has 0 heterocycles. The molecule has 0 spiro atoms. The maximum atomic E-state index is 11.6. The van der Waals surface area contributed by atoms with Crippen LogP contribution in [-0.2, 0) is 22.7 Å². The molecule has 5 nitrogen and oxygen atoms in total. The minimum Gasteiger partial charge on any atom is -0.457 e. The van der Waals surface area contributed by atoms with Crippen LogP contribution in [0.1, 0.15) is 31.9 Å². The first kappa shape index (κ1) is 19.7. The molecule has 120 valence electrons. The van der Waals surface area contributed by atoms with Gasteiger partial charge in [-0.15, -0.1) is 12.4 Å². The first-order chi connectivity index (χ1) is 9.40. The third-order valence-corrected chi connectivity index (χ3v) is 2.77. The summed E-state index contributed by atoms with van der Waals surface area (Å²) in [6.45, 7) is 5.73. The molecule has 0 aromatic heterocycles. The highest BCUT2D eigenvalue weighted by Gasteiger charge is 2.23. The second kappa shape index (κ2) is 8.87. The average Bonchev–Trinajstić information content (AvgIpc) is 2.39. The molecule has 21 heavy (non-hydrogen) atoms. The van der Waals surface area contributed by atoms with E-state index in [9.17, 15) is 9.90 Å². The number of rotatable bonds is 6. The largest absolute Gasteiger partial charge is 0.457 e. The Kier molecular flexibility index (Phi) is 8.32. The van der Waals surface area contributed by atoms with E-state index in [1.165, 1.54) is 0 Å². The topological polar surface area (TPSA) is 67.8 Å². The Balaban J connectivity index is 0.00000400. The van der Waals surface area contributed by atoms with Crippen molar-refractivity contribution in [3.8, 4) is 5.75 Å². The van der Waals surface area contributed by atoms with Crippen LogP contribution in [-0.4, -0.2) is 24.9 Å². The Bertz CT molecular complexity index is 457. The molecule has 0 radical (unpaired) electrons. The van der Waals surface area contributed by atoms with Gasteiger partial charge in [-0.25, -0.2) is 0 Å². The summed E-state index contributed by atoms with van der Waals surface area (Å²) in [4.78, 5) is 11.6. The van der Waals surface area contributed by atoms with Crippen LogP contribution in [0.3, 0.4) is 0 Å². The van der Waals surface area contributed by atoms with Crippen LogP contribution in [0.5, 0.6) is 5.75 Å². The second-order valence-corrected chi connectivity index (χ2v) is 5.53. The number of halogens is 1. The zero-order chi connectivity index (χ0) is 15.2. The van der Waals surface area contributed by atoms with Crippen LogP contribution in [0.2, 0.25) is 0 Å². The van der Waals surface area contributed by atoms with Crippen LogP contribution in [0.15, 0.2) is 18.2 Å². The van der Waals surface area contributed by atoms with E-state index in [0.717, 1.165) is 11.1 Å². The van der Waals surface area contributed by atoms with Gasteiger partial charge in [0.25, 0.3) is 0 Å². The number of carbonyl (C=O) groups is 1. The number of carbonyl (C=O) groups excluding carboxylic acids is 1. The zero-order valence-electron chi connectivity index (χ0n) is 12.9. The van der Waals surface area contributed by atoms with Crippen molar-refractivity contribution < 1.29 is 19.4 Å². The number of hydrogen-bond donors (Lipinski definition) is 2. The van der Waals surface area contributed by atoms with Crippen LogP contribution >= 0.6 is 12.4 Å². The molecule has 0 unspecified atom stereocenters. The standard InChI is InChI=1S/C15H23NO4.ClH/c1-15(2,3)14(18)20-10-19-13-7-5-6-11(9-17)12(13)8-16-4;/h5-7,16-17H,8-10H2,1-4H3;1H. The second-order valence-electron chi connectivity index (χ2n) is 5.53. The highest BCUT2D eigenvalue weighted by molar-refractivity contribution is 5.85. The predicted molar refractivity (Wildman–Crippen MR) is 83.4 cm³/mol. The smallest absolute Gasteiger partial charge is 0.314 e. The molecular weight excluding hydrogens is 294 g/mol. The Labute approximate surface area is 132 Å². The van der Waals surface area contributed by atoms with Gasteiger partial charge >= 0.3 is 5.97 Å². The summed E-state index contributed by atoms with van der Waals surface area (Å²) in [6.07, 6.45) is 0.